The lowest BCUT2D eigenvalue weighted by atomic mass is 9.96. The fourth-order valence-corrected chi connectivity index (χ4v) is 2.93. The average molecular weight is 296 g/mol. The topological polar surface area (TPSA) is 12.0 Å². The van der Waals surface area contributed by atoms with Crippen molar-refractivity contribution in [3.8, 4) is 0 Å². The van der Waals surface area contributed by atoms with E-state index < -0.39 is 0 Å². The maximum absolute atomic E-state index is 3.63. The van der Waals surface area contributed by atoms with Crippen molar-refractivity contribution in [2.45, 2.75) is 45.6 Å². The quantitative estimate of drug-likeness (QED) is 0.809. The van der Waals surface area contributed by atoms with Crippen LogP contribution in [0.5, 0.6) is 0 Å². The maximum Gasteiger partial charge on any atom is 0.0322 e. The highest BCUT2D eigenvalue weighted by Crippen LogP contribution is 2.36. The largest absolute Gasteiger partial charge is 0.310 e. The van der Waals surface area contributed by atoms with E-state index in [0.717, 1.165) is 12.5 Å². The van der Waals surface area contributed by atoms with Gasteiger partial charge >= 0.3 is 0 Å². The molecular weight excluding hydrogens is 274 g/mol. The lowest BCUT2D eigenvalue weighted by molar-refractivity contribution is 0.480. The number of halogens is 1. The summed E-state index contributed by atoms with van der Waals surface area (Å²) in [6.07, 6.45) is 5.57. The van der Waals surface area contributed by atoms with E-state index in [2.05, 4.69) is 53.3 Å². The molecule has 1 aliphatic carbocycles. The van der Waals surface area contributed by atoms with Gasteiger partial charge in [0.1, 0.15) is 0 Å². The number of nitrogens with one attached hydrogen (secondary N) is 1. The van der Waals surface area contributed by atoms with Crippen molar-refractivity contribution in [2.24, 2.45) is 5.92 Å². The van der Waals surface area contributed by atoms with Gasteiger partial charge in [0.25, 0.3) is 0 Å². The molecule has 0 amide bonds. The number of benzene rings is 1. The lowest BCUT2D eigenvalue weighted by Crippen LogP contribution is -2.21. The van der Waals surface area contributed by atoms with E-state index >= 15 is 0 Å². The molecule has 0 aliphatic heterocycles. The summed E-state index contributed by atoms with van der Waals surface area (Å²) in [4.78, 5) is 0. The standard InChI is InChI=1S/C15H22BrN/c1-3-17-15(9-6-12-4-5-12)14-8-7-13(16)10-11(14)2/h7-8,10,12,15,17H,3-6,9H2,1-2H3. The van der Waals surface area contributed by atoms with E-state index in [1.807, 2.05) is 0 Å². The van der Waals surface area contributed by atoms with Gasteiger partial charge in [0.15, 0.2) is 0 Å². The van der Waals surface area contributed by atoms with Crippen molar-refractivity contribution in [1.82, 2.24) is 5.32 Å². The minimum Gasteiger partial charge on any atom is -0.310 e. The molecule has 1 unspecified atom stereocenters. The zero-order chi connectivity index (χ0) is 12.3. The highest BCUT2D eigenvalue weighted by molar-refractivity contribution is 9.10. The van der Waals surface area contributed by atoms with Crippen LogP contribution in [0.2, 0.25) is 0 Å². The molecule has 1 aromatic rings. The minimum absolute atomic E-state index is 0.536. The Morgan fingerprint density at radius 2 is 2.18 bits per heavy atom. The molecule has 1 saturated carbocycles. The SMILES string of the molecule is CCNC(CCC1CC1)c1ccc(Br)cc1C. The zero-order valence-electron chi connectivity index (χ0n) is 10.8. The summed E-state index contributed by atoms with van der Waals surface area (Å²) in [7, 11) is 0. The fraction of sp³-hybridized carbons (Fsp3) is 0.600. The molecular formula is C15H22BrN. The molecule has 1 nitrogen and oxygen atoms in total. The molecule has 0 bridgehead atoms. The van der Waals surface area contributed by atoms with Crippen molar-refractivity contribution in [2.75, 3.05) is 6.54 Å². The predicted molar refractivity (Wildman–Crippen MR) is 77.3 cm³/mol. The molecule has 2 rings (SSSR count). The molecule has 1 aliphatic rings. The van der Waals surface area contributed by atoms with E-state index in [1.165, 1.54) is 41.3 Å². The maximum atomic E-state index is 3.63. The van der Waals surface area contributed by atoms with Crippen molar-refractivity contribution in [3.05, 3.63) is 33.8 Å². The Kier molecular flexibility index (Phi) is 4.63. The van der Waals surface area contributed by atoms with Crippen LogP contribution in [0.25, 0.3) is 0 Å². The van der Waals surface area contributed by atoms with E-state index in [0.29, 0.717) is 6.04 Å². The van der Waals surface area contributed by atoms with Gasteiger partial charge < -0.3 is 5.32 Å². The van der Waals surface area contributed by atoms with Crippen LogP contribution in [-0.4, -0.2) is 6.54 Å². The third-order valence-corrected chi connectivity index (χ3v) is 4.11. The molecule has 17 heavy (non-hydrogen) atoms. The molecule has 0 radical (unpaired) electrons. The number of hydrogen-bond donors (Lipinski definition) is 1. The van der Waals surface area contributed by atoms with E-state index in [1.54, 1.807) is 0 Å². The van der Waals surface area contributed by atoms with E-state index in [4.69, 9.17) is 0 Å². The first-order valence-electron chi connectivity index (χ1n) is 6.70. The van der Waals surface area contributed by atoms with Crippen LogP contribution in [0.15, 0.2) is 22.7 Å². The Labute approximate surface area is 113 Å². The summed E-state index contributed by atoms with van der Waals surface area (Å²) in [6.45, 7) is 5.45. The summed E-state index contributed by atoms with van der Waals surface area (Å²) in [5.74, 6) is 1.02. The molecule has 2 heteroatoms. The van der Waals surface area contributed by atoms with Crippen molar-refractivity contribution < 1.29 is 0 Å². The Bertz CT molecular complexity index is 371. The first-order valence-corrected chi connectivity index (χ1v) is 7.49. The number of aryl methyl sites for hydroxylation is 1. The highest BCUT2D eigenvalue weighted by Gasteiger charge is 2.23. The summed E-state index contributed by atoms with van der Waals surface area (Å²) in [6, 6.07) is 7.17. The first kappa shape index (κ1) is 13.1. The van der Waals surface area contributed by atoms with Gasteiger partial charge in [-0.1, -0.05) is 41.8 Å². The molecule has 0 saturated heterocycles. The normalized spacial score (nSPS) is 17.1. The molecule has 0 spiro atoms. The molecule has 1 fully saturated rings. The molecule has 1 aromatic carbocycles. The Morgan fingerprint density at radius 1 is 1.41 bits per heavy atom. The van der Waals surface area contributed by atoms with Gasteiger partial charge in [-0.3, -0.25) is 0 Å². The Balaban J connectivity index is 2.06. The van der Waals surface area contributed by atoms with Gasteiger partial charge in [-0.25, -0.2) is 0 Å². The Morgan fingerprint density at radius 3 is 2.76 bits per heavy atom. The average Bonchev–Trinajstić information content (AvgIpc) is 3.09. The van der Waals surface area contributed by atoms with Gasteiger partial charge in [-0.2, -0.15) is 0 Å². The van der Waals surface area contributed by atoms with Gasteiger partial charge in [-0.15, -0.1) is 0 Å². The molecule has 0 heterocycles. The second kappa shape index (κ2) is 6.01. The van der Waals surface area contributed by atoms with Crippen LogP contribution in [0, 0.1) is 12.8 Å². The van der Waals surface area contributed by atoms with Crippen LogP contribution in [-0.2, 0) is 0 Å². The fourth-order valence-electron chi connectivity index (χ4n) is 2.45. The van der Waals surface area contributed by atoms with Crippen molar-refractivity contribution >= 4 is 15.9 Å². The van der Waals surface area contributed by atoms with E-state index in [9.17, 15) is 0 Å². The minimum atomic E-state index is 0.536. The van der Waals surface area contributed by atoms with Crippen LogP contribution in [0.4, 0.5) is 0 Å². The van der Waals surface area contributed by atoms with Gasteiger partial charge in [0, 0.05) is 10.5 Å². The van der Waals surface area contributed by atoms with Crippen molar-refractivity contribution in [1.29, 1.82) is 0 Å². The van der Waals surface area contributed by atoms with Crippen LogP contribution in [0.3, 0.4) is 0 Å². The summed E-state index contributed by atoms with van der Waals surface area (Å²) in [5, 5.41) is 3.63. The lowest BCUT2D eigenvalue weighted by Gasteiger charge is -2.20. The second-order valence-electron chi connectivity index (χ2n) is 5.13. The molecule has 94 valence electrons. The van der Waals surface area contributed by atoms with E-state index in [-0.39, 0.29) is 0 Å². The highest BCUT2D eigenvalue weighted by atomic mass is 79.9. The van der Waals surface area contributed by atoms with Crippen LogP contribution >= 0.6 is 15.9 Å². The Hall–Kier alpha value is -0.340. The zero-order valence-corrected chi connectivity index (χ0v) is 12.4. The predicted octanol–water partition coefficient (Wildman–Crippen LogP) is 4.60. The smallest absolute Gasteiger partial charge is 0.0322 e. The van der Waals surface area contributed by atoms with Gasteiger partial charge in [-0.05, 0) is 55.5 Å². The van der Waals surface area contributed by atoms with Crippen LogP contribution in [0.1, 0.15) is 49.8 Å². The van der Waals surface area contributed by atoms with Crippen molar-refractivity contribution in [3.63, 3.8) is 0 Å². The molecule has 1 atom stereocenters. The summed E-state index contributed by atoms with van der Waals surface area (Å²) < 4.78 is 1.18. The third-order valence-electron chi connectivity index (χ3n) is 3.62. The summed E-state index contributed by atoms with van der Waals surface area (Å²) in [5.41, 5.74) is 2.86. The first-order chi connectivity index (χ1) is 8.20. The number of hydrogen-bond acceptors (Lipinski definition) is 1. The second-order valence-corrected chi connectivity index (χ2v) is 6.05. The summed E-state index contributed by atoms with van der Waals surface area (Å²) >= 11 is 3.54. The molecule has 1 N–H and O–H groups in total. The monoisotopic (exact) mass is 295 g/mol. The van der Waals surface area contributed by atoms with Gasteiger partial charge in [0.2, 0.25) is 0 Å². The third kappa shape index (κ3) is 3.82. The van der Waals surface area contributed by atoms with Crippen LogP contribution < -0.4 is 5.32 Å². The number of rotatable bonds is 6. The molecule has 0 aromatic heterocycles. The van der Waals surface area contributed by atoms with Gasteiger partial charge in [0.05, 0.1) is 0 Å².